The van der Waals surface area contributed by atoms with Crippen molar-refractivity contribution in [3.63, 3.8) is 0 Å². The third-order valence-electron chi connectivity index (χ3n) is 2.24. The minimum atomic E-state index is -3.27. The molecule has 4 nitrogen and oxygen atoms in total. The molecule has 1 rings (SSSR count). The van der Waals surface area contributed by atoms with Gasteiger partial charge in [-0.05, 0) is 12.8 Å². The second-order valence-electron chi connectivity index (χ2n) is 3.35. The van der Waals surface area contributed by atoms with E-state index >= 15 is 0 Å². The Hall–Kier alpha value is -0.130. The van der Waals surface area contributed by atoms with Crippen LogP contribution in [-0.2, 0) is 19.0 Å². The average Bonchev–Trinajstić information content (AvgIpc) is 1.95. The van der Waals surface area contributed by atoms with Gasteiger partial charge in [-0.3, -0.25) is 4.18 Å². The first-order chi connectivity index (χ1) is 6.03. The van der Waals surface area contributed by atoms with E-state index in [1.807, 2.05) is 0 Å². The van der Waals surface area contributed by atoms with Crippen LogP contribution in [0.3, 0.4) is 0 Å². The predicted molar refractivity (Wildman–Crippen MR) is 48.9 cm³/mol. The Balaban J connectivity index is 2.13. The van der Waals surface area contributed by atoms with Crippen LogP contribution in [0.5, 0.6) is 0 Å². The van der Waals surface area contributed by atoms with E-state index in [1.165, 1.54) is 0 Å². The Kier molecular flexibility index (Phi) is 3.70. The zero-order chi connectivity index (χ0) is 9.90. The molecule has 5 heteroatoms. The molecule has 0 bridgehead atoms. The number of ether oxygens (including phenoxy) is 1. The number of hydrogen-bond acceptors (Lipinski definition) is 4. The lowest BCUT2D eigenvalue weighted by Crippen LogP contribution is -2.39. The molecule has 1 saturated heterocycles. The lowest BCUT2D eigenvalue weighted by molar-refractivity contribution is -0.120. The van der Waals surface area contributed by atoms with Gasteiger partial charge < -0.3 is 4.74 Å². The molecule has 1 heterocycles. The van der Waals surface area contributed by atoms with Crippen molar-refractivity contribution in [3.05, 3.63) is 0 Å². The topological polar surface area (TPSA) is 52.6 Å². The molecule has 0 aromatic heterocycles. The van der Waals surface area contributed by atoms with Crippen molar-refractivity contribution in [2.75, 3.05) is 19.5 Å². The van der Waals surface area contributed by atoms with Gasteiger partial charge >= 0.3 is 0 Å². The highest BCUT2D eigenvalue weighted by Crippen LogP contribution is 2.26. The maximum atomic E-state index is 10.6. The van der Waals surface area contributed by atoms with E-state index in [1.54, 1.807) is 0 Å². The molecule has 1 aliphatic heterocycles. The van der Waals surface area contributed by atoms with Crippen molar-refractivity contribution in [2.45, 2.75) is 25.9 Å². The van der Waals surface area contributed by atoms with Crippen LogP contribution in [0.2, 0.25) is 0 Å². The summed E-state index contributed by atoms with van der Waals surface area (Å²) in [7, 11) is -3.27. The summed E-state index contributed by atoms with van der Waals surface area (Å²) >= 11 is 0. The molecule has 0 amide bonds. The van der Waals surface area contributed by atoms with Gasteiger partial charge in [0.1, 0.15) is 0 Å². The van der Waals surface area contributed by atoms with Crippen LogP contribution < -0.4 is 0 Å². The molecule has 0 aromatic rings. The molecule has 0 saturated carbocycles. The number of rotatable bonds is 5. The van der Waals surface area contributed by atoms with Crippen molar-refractivity contribution in [1.29, 1.82) is 0 Å². The molecule has 0 N–H and O–H groups in total. The van der Waals surface area contributed by atoms with Gasteiger partial charge in [0.25, 0.3) is 10.1 Å². The summed E-state index contributed by atoms with van der Waals surface area (Å²) in [6.07, 6.45) is 3.14. The zero-order valence-corrected chi connectivity index (χ0v) is 8.84. The smallest absolute Gasteiger partial charge is 0.264 e. The molecule has 78 valence electrons. The van der Waals surface area contributed by atoms with E-state index in [2.05, 4.69) is 11.1 Å². The molecular formula is C8H16O4S. The van der Waals surface area contributed by atoms with Crippen LogP contribution in [0.1, 0.15) is 19.8 Å². The molecule has 2 atom stereocenters. The Bertz CT molecular complexity index is 245. The highest BCUT2D eigenvalue weighted by atomic mass is 32.2. The monoisotopic (exact) mass is 208 g/mol. The fraction of sp³-hybridized carbons (Fsp3) is 1.00. The summed E-state index contributed by atoms with van der Waals surface area (Å²) in [5.74, 6) is 0.478. The van der Waals surface area contributed by atoms with E-state index in [0.717, 1.165) is 25.7 Å². The van der Waals surface area contributed by atoms with Gasteiger partial charge in [-0.25, -0.2) is 0 Å². The van der Waals surface area contributed by atoms with Crippen LogP contribution in [0, 0.1) is 5.92 Å². The maximum absolute atomic E-state index is 10.6. The van der Waals surface area contributed by atoms with Crippen molar-refractivity contribution in [1.82, 2.24) is 0 Å². The average molecular weight is 208 g/mol. The summed E-state index contributed by atoms with van der Waals surface area (Å²) in [6.45, 7) is 3.09. The molecule has 0 aromatic carbocycles. The van der Waals surface area contributed by atoms with Crippen LogP contribution in [-0.4, -0.2) is 34.0 Å². The van der Waals surface area contributed by atoms with Crippen molar-refractivity contribution < 1.29 is 17.3 Å². The van der Waals surface area contributed by atoms with E-state index in [4.69, 9.17) is 4.74 Å². The van der Waals surface area contributed by atoms with Crippen LogP contribution >= 0.6 is 0 Å². The quantitative estimate of drug-likeness (QED) is 0.626. The maximum Gasteiger partial charge on any atom is 0.264 e. The van der Waals surface area contributed by atoms with E-state index in [0.29, 0.717) is 12.0 Å². The molecule has 0 spiro atoms. The number of hydrogen-bond donors (Lipinski definition) is 0. The molecular weight excluding hydrogens is 192 g/mol. The minimum absolute atomic E-state index is 0.281. The van der Waals surface area contributed by atoms with Crippen LogP contribution in [0.25, 0.3) is 0 Å². The standard InChI is InChI=1S/C8H16O4S/c1-3-8-7(6-11-8)4-5-12-13(2,9)10/h7-8H,3-6H2,1-2H3. The Morgan fingerprint density at radius 3 is 2.62 bits per heavy atom. The highest BCUT2D eigenvalue weighted by Gasteiger charge is 2.30. The summed E-state index contributed by atoms with van der Waals surface area (Å²) in [5.41, 5.74) is 0. The second-order valence-corrected chi connectivity index (χ2v) is 5.00. The van der Waals surface area contributed by atoms with Gasteiger partial charge in [0.2, 0.25) is 0 Å². The zero-order valence-electron chi connectivity index (χ0n) is 8.02. The first-order valence-electron chi connectivity index (χ1n) is 4.49. The molecule has 0 radical (unpaired) electrons. The Morgan fingerprint density at radius 2 is 2.23 bits per heavy atom. The van der Waals surface area contributed by atoms with E-state index in [9.17, 15) is 8.42 Å². The summed E-state index contributed by atoms with van der Waals surface area (Å²) < 4.78 is 31.1. The van der Waals surface area contributed by atoms with Crippen LogP contribution in [0.4, 0.5) is 0 Å². The Labute approximate surface area is 79.3 Å². The summed E-state index contributed by atoms with van der Waals surface area (Å²) in [5, 5.41) is 0. The van der Waals surface area contributed by atoms with Crippen molar-refractivity contribution in [3.8, 4) is 0 Å². The third kappa shape index (κ3) is 3.62. The van der Waals surface area contributed by atoms with Crippen LogP contribution in [0.15, 0.2) is 0 Å². The first-order valence-corrected chi connectivity index (χ1v) is 6.30. The van der Waals surface area contributed by atoms with Gasteiger partial charge in [-0.2, -0.15) is 8.42 Å². The normalized spacial score (nSPS) is 28.5. The van der Waals surface area contributed by atoms with Gasteiger partial charge in [0, 0.05) is 5.92 Å². The minimum Gasteiger partial charge on any atom is -0.377 e. The predicted octanol–water partition coefficient (Wildman–Crippen LogP) is 0.778. The largest absolute Gasteiger partial charge is 0.377 e. The summed E-state index contributed by atoms with van der Waals surface area (Å²) in [6, 6.07) is 0. The molecule has 13 heavy (non-hydrogen) atoms. The lowest BCUT2D eigenvalue weighted by atomic mass is 9.93. The SMILES string of the molecule is CCC1OCC1CCOS(C)(=O)=O. The third-order valence-corrected chi connectivity index (χ3v) is 2.83. The second kappa shape index (κ2) is 4.39. The van der Waals surface area contributed by atoms with Crippen molar-refractivity contribution >= 4 is 10.1 Å². The lowest BCUT2D eigenvalue weighted by Gasteiger charge is -2.36. The van der Waals surface area contributed by atoms with E-state index < -0.39 is 10.1 Å². The van der Waals surface area contributed by atoms with Crippen molar-refractivity contribution in [2.24, 2.45) is 5.92 Å². The fourth-order valence-electron chi connectivity index (χ4n) is 1.44. The fourth-order valence-corrected chi connectivity index (χ4v) is 1.84. The molecule has 1 aliphatic rings. The molecule has 0 aliphatic carbocycles. The van der Waals surface area contributed by atoms with Gasteiger partial charge in [0.05, 0.1) is 25.6 Å². The summed E-state index contributed by atoms with van der Waals surface area (Å²) in [4.78, 5) is 0. The molecule has 1 fully saturated rings. The first kappa shape index (κ1) is 10.9. The van der Waals surface area contributed by atoms with E-state index in [-0.39, 0.29) is 6.61 Å². The Morgan fingerprint density at radius 1 is 1.54 bits per heavy atom. The van der Waals surface area contributed by atoms with Gasteiger partial charge in [-0.1, -0.05) is 6.92 Å². The van der Waals surface area contributed by atoms with Gasteiger partial charge in [0.15, 0.2) is 0 Å². The molecule has 2 unspecified atom stereocenters. The van der Waals surface area contributed by atoms with Gasteiger partial charge in [-0.15, -0.1) is 0 Å². The highest BCUT2D eigenvalue weighted by molar-refractivity contribution is 7.85.